The topological polar surface area (TPSA) is 98.0 Å². The van der Waals surface area contributed by atoms with Gasteiger partial charge in [0.1, 0.15) is 12.4 Å². The summed E-state index contributed by atoms with van der Waals surface area (Å²) in [5.74, 6) is -0.541. The summed E-state index contributed by atoms with van der Waals surface area (Å²) in [5.41, 5.74) is 6.42. The predicted molar refractivity (Wildman–Crippen MR) is 109 cm³/mol. The number of hydrazine groups is 1. The largest absolute Gasteiger partial charge is 0.350 e. The molecule has 4 rings (SSSR count). The van der Waals surface area contributed by atoms with Crippen molar-refractivity contribution < 1.29 is 9.59 Å². The lowest BCUT2D eigenvalue weighted by molar-refractivity contribution is -0.122. The van der Waals surface area contributed by atoms with Crippen molar-refractivity contribution in [2.45, 2.75) is 13.5 Å². The second-order valence-corrected chi connectivity index (χ2v) is 6.74. The van der Waals surface area contributed by atoms with Gasteiger partial charge in [0.25, 0.3) is 17.4 Å². The van der Waals surface area contributed by atoms with Gasteiger partial charge in [0.05, 0.1) is 16.5 Å². The number of fused-ring (bicyclic) bond motifs is 2. The SMILES string of the molecule is Cc1nc2ccccc2c(=O)n1CC(=O)NNC(=O)c1cn(C)c2ccccc12. The van der Waals surface area contributed by atoms with Crippen LogP contribution in [0.2, 0.25) is 0 Å². The summed E-state index contributed by atoms with van der Waals surface area (Å²) in [6.07, 6.45) is 1.70. The Labute approximate surface area is 165 Å². The first-order chi connectivity index (χ1) is 14.0. The Bertz CT molecular complexity index is 1320. The van der Waals surface area contributed by atoms with Crippen LogP contribution in [0.3, 0.4) is 0 Å². The summed E-state index contributed by atoms with van der Waals surface area (Å²) in [6, 6.07) is 14.5. The third-order valence-corrected chi connectivity index (χ3v) is 4.81. The maximum Gasteiger partial charge on any atom is 0.271 e. The van der Waals surface area contributed by atoms with E-state index in [1.807, 2.05) is 35.9 Å². The normalized spacial score (nSPS) is 11.0. The number of hydrogen-bond donors (Lipinski definition) is 2. The van der Waals surface area contributed by atoms with Gasteiger partial charge in [-0.05, 0) is 25.1 Å². The number of hydrogen-bond acceptors (Lipinski definition) is 4. The number of nitrogens with zero attached hydrogens (tertiary/aromatic N) is 3. The van der Waals surface area contributed by atoms with E-state index >= 15 is 0 Å². The molecule has 146 valence electrons. The summed E-state index contributed by atoms with van der Waals surface area (Å²) in [7, 11) is 1.85. The Balaban J connectivity index is 1.50. The summed E-state index contributed by atoms with van der Waals surface area (Å²) in [4.78, 5) is 41.9. The average molecular weight is 389 g/mol. The molecule has 0 atom stereocenters. The van der Waals surface area contributed by atoms with Crippen molar-refractivity contribution in [1.82, 2.24) is 25.0 Å². The van der Waals surface area contributed by atoms with Crippen LogP contribution >= 0.6 is 0 Å². The van der Waals surface area contributed by atoms with Gasteiger partial charge in [-0.25, -0.2) is 4.98 Å². The lowest BCUT2D eigenvalue weighted by atomic mass is 10.2. The van der Waals surface area contributed by atoms with Crippen molar-refractivity contribution >= 4 is 33.6 Å². The molecule has 2 N–H and O–H groups in total. The van der Waals surface area contributed by atoms with E-state index < -0.39 is 11.8 Å². The molecule has 0 aliphatic heterocycles. The minimum absolute atomic E-state index is 0.252. The van der Waals surface area contributed by atoms with Crippen LogP contribution in [0.5, 0.6) is 0 Å². The third-order valence-electron chi connectivity index (χ3n) is 4.81. The third kappa shape index (κ3) is 3.36. The Morgan fingerprint density at radius 3 is 2.48 bits per heavy atom. The van der Waals surface area contributed by atoms with E-state index in [9.17, 15) is 14.4 Å². The number of aryl methyl sites for hydroxylation is 2. The molecular weight excluding hydrogens is 370 g/mol. The summed E-state index contributed by atoms with van der Waals surface area (Å²) < 4.78 is 3.12. The highest BCUT2D eigenvalue weighted by molar-refractivity contribution is 6.07. The van der Waals surface area contributed by atoms with E-state index in [-0.39, 0.29) is 12.1 Å². The Kier molecular flexibility index (Phi) is 4.59. The fourth-order valence-corrected chi connectivity index (χ4v) is 3.36. The molecule has 0 radical (unpaired) electrons. The number of benzene rings is 2. The molecule has 8 nitrogen and oxygen atoms in total. The Hall–Kier alpha value is -3.94. The van der Waals surface area contributed by atoms with E-state index in [2.05, 4.69) is 15.8 Å². The number of carbonyl (C=O) groups excluding carboxylic acids is 2. The minimum Gasteiger partial charge on any atom is -0.350 e. The second-order valence-electron chi connectivity index (χ2n) is 6.74. The molecule has 0 aliphatic rings. The van der Waals surface area contributed by atoms with Gasteiger partial charge in [-0.3, -0.25) is 29.8 Å². The number of para-hydroxylation sites is 2. The molecular formula is C21H19N5O3. The van der Waals surface area contributed by atoms with Gasteiger partial charge in [0, 0.05) is 24.1 Å². The molecule has 0 spiro atoms. The smallest absolute Gasteiger partial charge is 0.271 e. The van der Waals surface area contributed by atoms with Crippen LogP contribution in [0.25, 0.3) is 21.8 Å². The molecule has 4 aromatic rings. The zero-order valence-corrected chi connectivity index (χ0v) is 16.0. The van der Waals surface area contributed by atoms with Gasteiger partial charge in [-0.1, -0.05) is 30.3 Å². The summed E-state index contributed by atoms with van der Waals surface area (Å²) in [6.45, 7) is 1.41. The van der Waals surface area contributed by atoms with Gasteiger partial charge in [-0.15, -0.1) is 0 Å². The van der Waals surface area contributed by atoms with Crippen LogP contribution in [0.1, 0.15) is 16.2 Å². The molecule has 0 aliphatic carbocycles. The van der Waals surface area contributed by atoms with Crippen LogP contribution in [-0.4, -0.2) is 25.9 Å². The van der Waals surface area contributed by atoms with Crippen LogP contribution < -0.4 is 16.4 Å². The van der Waals surface area contributed by atoms with Crippen molar-refractivity contribution in [2.75, 3.05) is 0 Å². The highest BCUT2D eigenvalue weighted by atomic mass is 16.2. The van der Waals surface area contributed by atoms with Crippen molar-refractivity contribution in [2.24, 2.45) is 7.05 Å². The second kappa shape index (κ2) is 7.23. The molecule has 0 fully saturated rings. The van der Waals surface area contributed by atoms with Gasteiger partial charge in [0.2, 0.25) is 0 Å². The zero-order valence-electron chi connectivity index (χ0n) is 16.0. The van der Waals surface area contributed by atoms with Gasteiger partial charge in [0.15, 0.2) is 0 Å². The monoisotopic (exact) mass is 389 g/mol. The van der Waals surface area contributed by atoms with E-state index in [0.717, 1.165) is 10.9 Å². The molecule has 8 heteroatoms. The van der Waals surface area contributed by atoms with Crippen LogP contribution in [0.15, 0.2) is 59.5 Å². The average Bonchev–Trinajstić information content (AvgIpc) is 3.06. The molecule has 2 aromatic carbocycles. The van der Waals surface area contributed by atoms with E-state index in [1.165, 1.54) is 4.57 Å². The van der Waals surface area contributed by atoms with Crippen molar-refractivity contribution in [3.05, 3.63) is 76.5 Å². The quantitative estimate of drug-likeness (QED) is 0.521. The molecule has 0 bridgehead atoms. The first-order valence-corrected chi connectivity index (χ1v) is 9.05. The van der Waals surface area contributed by atoms with E-state index in [1.54, 1.807) is 37.4 Å². The zero-order chi connectivity index (χ0) is 20.5. The molecule has 0 saturated carbocycles. The number of rotatable bonds is 3. The fourth-order valence-electron chi connectivity index (χ4n) is 3.36. The summed E-state index contributed by atoms with van der Waals surface area (Å²) >= 11 is 0. The van der Waals surface area contributed by atoms with Crippen molar-refractivity contribution in [1.29, 1.82) is 0 Å². The fraction of sp³-hybridized carbons (Fsp3) is 0.143. The van der Waals surface area contributed by atoms with Gasteiger partial charge < -0.3 is 4.57 Å². The number of amides is 2. The maximum absolute atomic E-state index is 12.6. The number of aromatic nitrogens is 3. The lowest BCUT2D eigenvalue weighted by Gasteiger charge is -2.11. The molecule has 29 heavy (non-hydrogen) atoms. The minimum atomic E-state index is -0.527. The Morgan fingerprint density at radius 2 is 1.69 bits per heavy atom. The van der Waals surface area contributed by atoms with Crippen LogP contribution in [0.4, 0.5) is 0 Å². The highest BCUT2D eigenvalue weighted by Gasteiger charge is 2.15. The van der Waals surface area contributed by atoms with E-state index in [0.29, 0.717) is 22.3 Å². The standard InChI is InChI=1S/C21H19N5O3/c1-13-22-17-9-5-3-8-15(17)21(29)26(13)12-19(27)23-24-20(28)16-11-25(2)18-10-6-4-7-14(16)18/h3-11H,12H2,1-2H3,(H,23,27)(H,24,28). The predicted octanol–water partition coefficient (Wildman–Crippen LogP) is 1.66. The van der Waals surface area contributed by atoms with Crippen LogP contribution in [-0.2, 0) is 18.4 Å². The highest BCUT2D eigenvalue weighted by Crippen LogP contribution is 2.19. The molecule has 0 saturated heterocycles. The molecule has 2 heterocycles. The van der Waals surface area contributed by atoms with Crippen molar-refractivity contribution in [3.8, 4) is 0 Å². The molecule has 2 aromatic heterocycles. The van der Waals surface area contributed by atoms with E-state index in [4.69, 9.17) is 0 Å². The Morgan fingerprint density at radius 1 is 1.00 bits per heavy atom. The summed E-state index contributed by atoms with van der Waals surface area (Å²) in [5, 5.41) is 1.22. The lowest BCUT2D eigenvalue weighted by Crippen LogP contribution is -2.44. The van der Waals surface area contributed by atoms with Crippen LogP contribution in [0, 0.1) is 6.92 Å². The maximum atomic E-state index is 12.6. The first kappa shape index (κ1) is 18.4. The van der Waals surface area contributed by atoms with Crippen molar-refractivity contribution in [3.63, 3.8) is 0 Å². The number of carbonyl (C=O) groups is 2. The number of nitrogens with one attached hydrogen (secondary N) is 2. The molecule has 2 amide bonds. The first-order valence-electron chi connectivity index (χ1n) is 9.05. The van der Waals surface area contributed by atoms with Gasteiger partial charge >= 0.3 is 0 Å². The molecule has 0 unspecified atom stereocenters. The van der Waals surface area contributed by atoms with Gasteiger partial charge in [-0.2, -0.15) is 0 Å².